The lowest BCUT2D eigenvalue weighted by Gasteiger charge is -2.16. The lowest BCUT2D eigenvalue weighted by Crippen LogP contribution is -2.36. The Bertz CT molecular complexity index is 1230. The van der Waals surface area contributed by atoms with E-state index in [0.717, 1.165) is 29.2 Å². The molecule has 0 unspecified atom stereocenters. The predicted octanol–water partition coefficient (Wildman–Crippen LogP) is 3.28. The van der Waals surface area contributed by atoms with Crippen LogP contribution in [0, 0.1) is 13.8 Å². The third-order valence-corrected chi connectivity index (χ3v) is 7.50. The summed E-state index contributed by atoms with van der Waals surface area (Å²) in [6, 6.07) is 8.02. The number of hydrogen-bond donors (Lipinski definition) is 2. The van der Waals surface area contributed by atoms with Crippen molar-refractivity contribution in [3.8, 4) is 0 Å². The first-order valence-corrected chi connectivity index (χ1v) is 12.2. The highest BCUT2D eigenvalue weighted by molar-refractivity contribution is 7.12. The first kappa shape index (κ1) is 21.9. The summed E-state index contributed by atoms with van der Waals surface area (Å²) in [5.74, 6) is 0.185. The summed E-state index contributed by atoms with van der Waals surface area (Å²) in [6.45, 7) is 7.08. The second-order valence-corrected chi connectivity index (χ2v) is 10.4. The van der Waals surface area contributed by atoms with Gasteiger partial charge in [0.1, 0.15) is 6.04 Å². The van der Waals surface area contributed by atoms with Gasteiger partial charge in [-0.15, -0.1) is 11.3 Å². The van der Waals surface area contributed by atoms with Crippen molar-refractivity contribution in [2.75, 3.05) is 12.4 Å². The highest BCUT2D eigenvalue weighted by Crippen LogP contribution is 2.30. The molecule has 1 aromatic carbocycles. The molecule has 5 rings (SSSR count). The van der Waals surface area contributed by atoms with Crippen LogP contribution in [-0.2, 0) is 37.4 Å². The van der Waals surface area contributed by atoms with Crippen molar-refractivity contribution in [2.24, 2.45) is 0 Å². The molecule has 0 fully saturated rings. The quantitative estimate of drug-likeness (QED) is 0.587. The number of amides is 1. The van der Waals surface area contributed by atoms with Gasteiger partial charge >= 0.3 is 0 Å². The van der Waals surface area contributed by atoms with Crippen molar-refractivity contribution in [3.63, 3.8) is 0 Å². The molecule has 1 amide bonds. The van der Waals surface area contributed by atoms with Crippen molar-refractivity contribution in [1.82, 2.24) is 19.8 Å². The number of carbonyl (C=O) groups excluding carboxylic acids is 1. The van der Waals surface area contributed by atoms with E-state index in [-0.39, 0.29) is 17.3 Å². The summed E-state index contributed by atoms with van der Waals surface area (Å²) in [5, 5.41) is 6.23. The molecule has 0 saturated carbocycles. The smallest absolute Gasteiger partial charge is 0.294 e. The highest BCUT2D eigenvalue weighted by Gasteiger charge is 2.30. The van der Waals surface area contributed by atoms with Crippen LogP contribution in [0.4, 0.5) is 5.82 Å². The normalized spacial score (nSPS) is 17.1. The van der Waals surface area contributed by atoms with E-state index < -0.39 is 6.04 Å². The number of fused-ring (bicyclic) bond motifs is 2. The molecule has 2 aromatic heterocycles. The zero-order chi connectivity index (χ0) is 23.1. The molecule has 2 N–H and O–H groups in total. The van der Waals surface area contributed by atoms with Crippen molar-refractivity contribution in [2.45, 2.75) is 58.9 Å². The maximum Gasteiger partial charge on any atom is 0.294 e. The van der Waals surface area contributed by atoms with Crippen LogP contribution in [0.5, 0.6) is 0 Å². The van der Waals surface area contributed by atoms with Gasteiger partial charge in [-0.05, 0) is 50.9 Å². The van der Waals surface area contributed by atoms with Gasteiger partial charge < -0.3 is 10.6 Å². The van der Waals surface area contributed by atoms with Crippen LogP contribution in [0.3, 0.4) is 0 Å². The van der Waals surface area contributed by atoms with Gasteiger partial charge in [-0.25, -0.2) is 4.98 Å². The first-order valence-electron chi connectivity index (χ1n) is 11.4. The maximum atomic E-state index is 13.2. The lowest BCUT2D eigenvalue weighted by atomic mass is 10.1. The summed E-state index contributed by atoms with van der Waals surface area (Å²) in [5.41, 5.74) is 5.42. The van der Waals surface area contributed by atoms with E-state index in [0.29, 0.717) is 25.9 Å². The fourth-order valence-electron chi connectivity index (χ4n) is 4.93. The minimum absolute atomic E-state index is 0.104. The van der Waals surface area contributed by atoms with E-state index in [1.54, 1.807) is 22.1 Å². The molecule has 0 spiro atoms. The SMILES string of the molecule is Cc1cc(C)cc(CNc2ncc3n(c2=O)[C@H](C(=O)NCc2cc4c(s2)CN(C)C4)CC3)c1. The average Bonchev–Trinajstić information content (AvgIpc) is 3.43. The Kier molecular flexibility index (Phi) is 5.80. The maximum absolute atomic E-state index is 13.2. The molecule has 0 radical (unpaired) electrons. The van der Waals surface area contributed by atoms with Gasteiger partial charge in [-0.3, -0.25) is 19.1 Å². The number of nitrogens with one attached hydrogen (secondary N) is 2. The van der Waals surface area contributed by atoms with E-state index in [1.807, 2.05) is 0 Å². The summed E-state index contributed by atoms with van der Waals surface area (Å²) >= 11 is 1.76. The minimum atomic E-state index is -0.491. The largest absolute Gasteiger partial charge is 0.361 e. The molecule has 1 atom stereocenters. The Hall–Kier alpha value is -2.97. The van der Waals surface area contributed by atoms with Gasteiger partial charge in [0.05, 0.1) is 6.54 Å². The van der Waals surface area contributed by atoms with Crippen LogP contribution in [0.15, 0.2) is 35.3 Å². The van der Waals surface area contributed by atoms with Gasteiger partial charge in [0, 0.05) is 41.3 Å². The molecule has 33 heavy (non-hydrogen) atoms. The van der Waals surface area contributed by atoms with E-state index >= 15 is 0 Å². The number of aromatic nitrogens is 2. The van der Waals surface area contributed by atoms with E-state index in [9.17, 15) is 9.59 Å². The van der Waals surface area contributed by atoms with Crippen molar-refractivity contribution in [3.05, 3.63) is 78.5 Å². The Morgan fingerprint density at radius 2 is 1.94 bits per heavy atom. The standard InChI is InChI=1S/C25H29N5O2S/c1-15-6-16(2)8-17(7-15)10-26-23-25(32)30-19(11-27-23)4-5-21(30)24(31)28-12-20-9-18-13-29(3)14-22(18)33-20/h6-9,11,21H,4-5,10,12-14H2,1-3H3,(H,26,27)(H,28,31)/t21-/m0/s1. The summed E-state index contributed by atoms with van der Waals surface area (Å²) in [6.07, 6.45) is 3.02. The van der Waals surface area contributed by atoms with Crippen LogP contribution in [-0.4, -0.2) is 27.4 Å². The Morgan fingerprint density at radius 1 is 1.15 bits per heavy atom. The molecule has 7 nitrogen and oxygen atoms in total. The van der Waals surface area contributed by atoms with Crippen molar-refractivity contribution in [1.29, 1.82) is 0 Å². The van der Waals surface area contributed by atoms with Crippen LogP contribution >= 0.6 is 11.3 Å². The van der Waals surface area contributed by atoms with E-state index in [2.05, 4.69) is 65.7 Å². The molecule has 2 aliphatic heterocycles. The second kappa shape index (κ2) is 8.76. The Labute approximate surface area is 197 Å². The first-order chi connectivity index (χ1) is 15.9. The topological polar surface area (TPSA) is 79.3 Å². The lowest BCUT2D eigenvalue weighted by molar-refractivity contribution is -0.124. The van der Waals surface area contributed by atoms with Crippen LogP contribution in [0.25, 0.3) is 0 Å². The van der Waals surface area contributed by atoms with Crippen LogP contribution < -0.4 is 16.2 Å². The number of nitrogens with zero attached hydrogens (tertiary/aromatic N) is 3. The number of benzene rings is 1. The van der Waals surface area contributed by atoms with Gasteiger partial charge in [0.15, 0.2) is 5.82 Å². The van der Waals surface area contributed by atoms with Gasteiger partial charge in [-0.2, -0.15) is 0 Å². The van der Waals surface area contributed by atoms with Crippen LogP contribution in [0.1, 0.15) is 50.2 Å². The molecule has 172 valence electrons. The third-order valence-electron chi connectivity index (χ3n) is 6.34. The predicted molar refractivity (Wildman–Crippen MR) is 130 cm³/mol. The molecule has 0 saturated heterocycles. The molecule has 2 aliphatic rings. The monoisotopic (exact) mass is 463 g/mol. The highest BCUT2D eigenvalue weighted by atomic mass is 32.1. The third kappa shape index (κ3) is 4.45. The fourth-order valence-corrected chi connectivity index (χ4v) is 6.14. The zero-order valence-corrected chi connectivity index (χ0v) is 20.1. The number of carbonyl (C=O) groups is 1. The van der Waals surface area contributed by atoms with E-state index in [1.165, 1.54) is 21.6 Å². The summed E-state index contributed by atoms with van der Waals surface area (Å²) < 4.78 is 1.62. The number of hydrogen-bond acceptors (Lipinski definition) is 6. The van der Waals surface area contributed by atoms with E-state index in [4.69, 9.17) is 0 Å². The molecular weight excluding hydrogens is 434 g/mol. The number of thiophene rings is 1. The number of rotatable bonds is 6. The minimum Gasteiger partial charge on any atom is -0.361 e. The fraction of sp³-hybridized carbons (Fsp3) is 0.400. The molecule has 0 bridgehead atoms. The molecule has 3 aromatic rings. The molecular formula is C25H29N5O2S. The van der Waals surface area contributed by atoms with Crippen molar-refractivity contribution >= 4 is 23.1 Å². The van der Waals surface area contributed by atoms with Crippen LogP contribution in [0.2, 0.25) is 0 Å². The zero-order valence-electron chi connectivity index (χ0n) is 19.3. The summed E-state index contributed by atoms with van der Waals surface area (Å²) in [4.78, 5) is 35.4. The molecule has 4 heterocycles. The number of anilines is 1. The van der Waals surface area contributed by atoms with Gasteiger partial charge in [0.25, 0.3) is 5.56 Å². The van der Waals surface area contributed by atoms with Crippen molar-refractivity contribution < 1.29 is 4.79 Å². The number of aryl methyl sites for hydroxylation is 3. The van der Waals surface area contributed by atoms with Gasteiger partial charge in [-0.1, -0.05) is 29.3 Å². The Morgan fingerprint density at radius 3 is 2.70 bits per heavy atom. The second-order valence-electron chi connectivity index (χ2n) is 9.23. The Balaban J connectivity index is 1.27. The molecule has 0 aliphatic carbocycles. The summed E-state index contributed by atoms with van der Waals surface area (Å²) in [7, 11) is 2.11. The average molecular weight is 464 g/mol. The molecule has 8 heteroatoms. The van der Waals surface area contributed by atoms with Gasteiger partial charge in [0.2, 0.25) is 5.91 Å².